The summed E-state index contributed by atoms with van der Waals surface area (Å²) in [6.45, 7) is 3.20. The van der Waals surface area contributed by atoms with Gasteiger partial charge in [-0.05, 0) is 61.1 Å². The summed E-state index contributed by atoms with van der Waals surface area (Å²) in [5, 5.41) is 14.7. The fourth-order valence-corrected chi connectivity index (χ4v) is 3.48. The van der Waals surface area contributed by atoms with Crippen LogP contribution in [0, 0.1) is 17.8 Å². The van der Waals surface area contributed by atoms with Gasteiger partial charge < -0.3 is 9.84 Å². The molecular weight excluding hydrogens is 364 g/mol. The Morgan fingerprint density at radius 1 is 1.28 bits per heavy atom. The van der Waals surface area contributed by atoms with Crippen LogP contribution in [0.1, 0.15) is 43.2 Å². The summed E-state index contributed by atoms with van der Waals surface area (Å²) in [7, 11) is 0. The SMILES string of the molecule is CC#C[C@@H](CC(=O)O)c1ccc(OCc2ccc3c(cnn3CC3CC3)c2)cc1. The first-order valence-corrected chi connectivity index (χ1v) is 9.93. The highest BCUT2D eigenvalue weighted by Crippen LogP contribution is 2.31. The van der Waals surface area contributed by atoms with Crippen LogP contribution in [0.25, 0.3) is 10.9 Å². The molecule has 1 heterocycles. The summed E-state index contributed by atoms with van der Waals surface area (Å²) in [5.41, 5.74) is 3.15. The number of aliphatic carboxylic acids is 1. The minimum atomic E-state index is -0.853. The molecule has 2 aromatic carbocycles. The molecule has 0 radical (unpaired) electrons. The van der Waals surface area contributed by atoms with Crippen LogP contribution in [0.2, 0.25) is 0 Å². The highest BCUT2D eigenvalue weighted by molar-refractivity contribution is 5.79. The molecule has 1 aliphatic rings. The molecule has 3 aromatic rings. The summed E-state index contributed by atoms with van der Waals surface area (Å²) >= 11 is 0. The third-order valence-electron chi connectivity index (χ3n) is 5.22. The van der Waals surface area contributed by atoms with Crippen LogP contribution in [0.3, 0.4) is 0 Å². The second kappa shape index (κ2) is 8.40. The van der Waals surface area contributed by atoms with E-state index in [0.717, 1.165) is 34.7 Å². The average Bonchev–Trinajstić information content (AvgIpc) is 3.45. The lowest BCUT2D eigenvalue weighted by Crippen LogP contribution is -2.04. The van der Waals surface area contributed by atoms with Crippen molar-refractivity contribution in [1.82, 2.24) is 9.78 Å². The van der Waals surface area contributed by atoms with E-state index in [1.54, 1.807) is 6.92 Å². The predicted octanol–water partition coefficient (Wildman–Crippen LogP) is 4.61. The third kappa shape index (κ3) is 4.78. The maximum Gasteiger partial charge on any atom is 0.304 e. The molecule has 29 heavy (non-hydrogen) atoms. The molecule has 1 aliphatic carbocycles. The highest BCUT2D eigenvalue weighted by Gasteiger charge is 2.22. The molecule has 0 spiro atoms. The molecule has 1 aromatic heterocycles. The van der Waals surface area contributed by atoms with Crippen molar-refractivity contribution >= 4 is 16.9 Å². The van der Waals surface area contributed by atoms with E-state index in [0.29, 0.717) is 6.61 Å². The van der Waals surface area contributed by atoms with E-state index in [2.05, 4.69) is 39.8 Å². The van der Waals surface area contributed by atoms with Gasteiger partial charge in [0.1, 0.15) is 12.4 Å². The van der Waals surface area contributed by atoms with Crippen LogP contribution in [-0.4, -0.2) is 20.9 Å². The van der Waals surface area contributed by atoms with Gasteiger partial charge in [0.2, 0.25) is 0 Å². The van der Waals surface area contributed by atoms with E-state index < -0.39 is 5.97 Å². The second-order valence-corrected chi connectivity index (χ2v) is 7.57. The molecule has 148 valence electrons. The predicted molar refractivity (Wildman–Crippen MR) is 112 cm³/mol. The number of fused-ring (bicyclic) bond motifs is 1. The normalized spacial score (nSPS) is 14.2. The molecule has 4 rings (SSSR count). The molecule has 0 aliphatic heterocycles. The molecule has 5 heteroatoms. The summed E-state index contributed by atoms with van der Waals surface area (Å²) in [6, 6.07) is 13.8. The Bertz CT molecular complexity index is 1070. The van der Waals surface area contributed by atoms with Crippen molar-refractivity contribution in [3.05, 3.63) is 59.8 Å². The van der Waals surface area contributed by atoms with Gasteiger partial charge in [-0.1, -0.05) is 24.1 Å². The van der Waals surface area contributed by atoms with Crippen molar-refractivity contribution in [3.63, 3.8) is 0 Å². The van der Waals surface area contributed by atoms with Gasteiger partial charge in [0.25, 0.3) is 0 Å². The summed E-state index contributed by atoms with van der Waals surface area (Å²) < 4.78 is 8.02. The quantitative estimate of drug-likeness (QED) is 0.573. The van der Waals surface area contributed by atoms with Gasteiger partial charge in [0.15, 0.2) is 0 Å². The Balaban J connectivity index is 1.40. The Labute approximate surface area is 170 Å². The van der Waals surface area contributed by atoms with Gasteiger partial charge in [-0.2, -0.15) is 5.10 Å². The van der Waals surface area contributed by atoms with Gasteiger partial charge in [0, 0.05) is 11.9 Å². The largest absolute Gasteiger partial charge is 0.489 e. The topological polar surface area (TPSA) is 64.3 Å². The molecule has 0 saturated heterocycles. The number of carbonyl (C=O) groups is 1. The maximum atomic E-state index is 11.0. The Morgan fingerprint density at radius 3 is 2.76 bits per heavy atom. The minimum absolute atomic E-state index is 0.00448. The molecule has 0 bridgehead atoms. The van der Waals surface area contributed by atoms with Crippen LogP contribution in [0.4, 0.5) is 0 Å². The number of hydrogen-bond donors (Lipinski definition) is 1. The van der Waals surface area contributed by atoms with E-state index in [1.165, 1.54) is 18.4 Å². The smallest absolute Gasteiger partial charge is 0.304 e. The Morgan fingerprint density at radius 2 is 2.07 bits per heavy atom. The first kappa shape index (κ1) is 19.1. The number of ether oxygens (including phenoxy) is 1. The van der Waals surface area contributed by atoms with Crippen molar-refractivity contribution in [2.45, 2.75) is 45.3 Å². The molecule has 1 atom stereocenters. The number of nitrogens with zero attached hydrogens (tertiary/aromatic N) is 2. The standard InChI is InChI=1S/C24H24N2O3/c1-2-3-20(13-24(27)28)19-7-9-22(10-8-19)29-16-18-6-11-23-21(12-18)14-25-26(23)15-17-4-5-17/h6-12,14,17,20H,4-5,13,15-16H2,1H3,(H,27,28)/t20-/m0/s1. The number of aromatic nitrogens is 2. The van der Waals surface area contributed by atoms with E-state index >= 15 is 0 Å². The lowest BCUT2D eigenvalue weighted by molar-refractivity contribution is -0.137. The second-order valence-electron chi connectivity index (χ2n) is 7.57. The van der Waals surface area contributed by atoms with Gasteiger partial charge in [-0.15, -0.1) is 5.92 Å². The van der Waals surface area contributed by atoms with Gasteiger partial charge in [0.05, 0.1) is 24.1 Å². The Hall–Kier alpha value is -3.26. The lowest BCUT2D eigenvalue weighted by atomic mass is 9.96. The first-order chi connectivity index (χ1) is 14.1. The number of rotatable bonds is 8. The number of carboxylic acid groups (broad SMARTS) is 1. The third-order valence-corrected chi connectivity index (χ3v) is 5.22. The fraction of sp³-hybridized carbons (Fsp3) is 0.333. The van der Waals surface area contributed by atoms with Crippen molar-refractivity contribution in [1.29, 1.82) is 0 Å². The molecule has 1 fully saturated rings. The van der Waals surface area contributed by atoms with E-state index in [4.69, 9.17) is 9.84 Å². The maximum absolute atomic E-state index is 11.0. The van der Waals surface area contributed by atoms with Crippen molar-refractivity contribution in [2.75, 3.05) is 0 Å². The van der Waals surface area contributed by atoms with Crippen LogP contribution < -0.4 is 4.74 Å². The summed E-state index contributed by atoms with van der Waals surface area (Å²) in [6.07, 6.45) is 4.55. The van der Waals surface area contributed by atoms with E-state index in [-0.39, 0.29) is 12.3 Å². The Kier molecular flexibility index (Phi) is 5.53. The van der Waals surface area contributed by atoms with Crippen LogP contribution in [-0.2, 0) is 17.9 Å². The van der Waals surface area contributed by atoms with E-state index in [9.17, 15) is 4.79 Å². The molecule has 0 amide bonds. The molecule has 5 nitrogen and oxygen atoms in total. The zero-order chi connectivity index (χ0) is 20.2. The average molecular weight is 388 g/mol. The van der Waals surface area contributed by atoms with Crippen molar-refractivity contribution in [3.8, 4) is 17.6 Å². The fourth-order valence-electron chi connectivity index (χ4n) is 3.48. The van der Waals surface area contributed by atoms with E-state index in [1.807, 2.05) is 30.5 Å². The van der Waals surface area contributed by atoms with Crippen LogP contribution in [0.5, 0.6) is 5.75 Å². The summed E-state index contributed by atoms with van der Waals surface area (Å²) in [5.74, 6) is 6.16. The lowest BCUT2D eigenvalue weighted by Gasteiger charge is -2.11. The van der Waals surface area contributed by atoms with Crippen LogP contribution >= 0.6 is 0 Å². The van der Waals surface area contributed by atoms with Gasteiger partial charge in [-0.3, -0.25) is 9.48 Å². The summed E-state index contributed by atoms with van der Waals surface area (Å²) in [4.78, 5) is 11.0. The molecular formula is C24H24N2O3. The van der Waals surface area contributed by atoms with Crippen LogP contribution in [0.15, 0.2) is 48.7 Å². The van der Waals surface area contributed by atoms with Crippen molar-refractivity contribution < 1.29 is 14.6 Å². The first-order valence-electron chi connectivity index (χ1n) is 9.93. The highest BCUT2D eigenvalue weighted by atomic mass is 16.5. The number of hydrogen-bond acceptors (Lipinski definition) is 3. The molecule has 1 N–H and O–H groups in total. The minimum Gasteiger partial charge on any atom is -0.489 e. The number of benzene rings is 2. The zero-order valence-electron chi connectivity index (χ0n) is 16.5. The molecule has 0 unspecified atom stereocenters. The molecule has 1 saturated carbocycles. The monoisotopic (exact) mass is 388 g/mol. The van der Waals surface area contributed by atoms with Crippen molar-refractivity contribution in [2.24, 2.45) is 5.92 Å². The zero-order valence-corrected chi connectivity index (χ0v) is 16.5. The van der Waals surface area contributed by atoms with Gasteiger partial charge in [-0.25, -0.2) is 0 Å². The van der Waals surface area contributed by atoms with Gasteiger partial charge >= 0.3 is 5.97 Å². The number of carboxylic acids is 1.